The van der Waals surface area contributed by atoms with Crippen molar-refractivity contribution < 1.29 is 13.6 Å². The molecule has 0 saturated carbocycles. The molecule has 3 heterocycles. The van der Waals surface area contributed by atoms with Crippen LogP contribution in [0.2, 0.25) is 0 Å². The monoisotopic (exact) mass is 393 g/mol. The number of anilines is 1. The zero-order valence-corrected chi connectivity index (χ0v) is 17.1. The number of hydrogen-bond donors (Lipinski definition) is 0. The number of likely N-dealkylation sites (tertiary alicyclic amines) is 1. The van der Waals surface area contributed by atoms with Gasteiger partial charge in [-0.3, -0.25) is 4.79 Å². The number of aryl methyl sites for hydroxylation is 2. The highest BCUT2D eigenvalue weighted by molar-refractivity contribution is 5.81. The van der Waals surface area contributed by atoms with Crippen molar-refractivity contribution in [2.75, 3.05) is 24.5 Å². The van der Waals surface area contributed by atoms with Crippen LogP contribution in [-0.2, 0) is 11.3 Å². The fraction of sp³-hybridized carbons (Fsp3) is 0.391. The smallest absolute Gasteiger partial charge is 0.263 e. The molecule has 29 heavy (non-hydrogen) atoms. The number of piperidine rings is 1. The summed E-state index contributed by atoms with van der Waals surface area (Å²) in [5.74, 6) is 1.97. The third-order valence-electron chi connectivity index (χ3n) is 5.40. The number of oxazole rings is 1. The second-order valence-corrected chi connectivity index (χ2v) is 7.63. The molecular weight excluding hydrogens is 366 g/mol. The number of carbonyl (C=O) groups excluding carboxylic acids is 1. The Morgan fingerprint density at radius 2 is 1.86 bits per heavy atom. The summed E-state index contributed by atoms with van der Waals surface area (Å²) < 4.78 is 11.2. The first-order valence-corrected chi connectivity index (χ1v) is 10.2. The zero-order valence-electron chi connectivity index (χ0n) is 17.1. The lowest BCUT2D eigenvalue weighted by molar-refractivity contribution is -0.130. The van der Waals surface area contributed by atoms with Crippen molar-refractivity contribution in [2.24, 2.45) is 0 Å². The molecule has 1 aliphatic rings. The SMILES string of the molecule is Cc1ccc(N(CC(=O)N2CCCCC2)Cc2nc(-c3ccco3)oc2C)cc1. The molecule has 1 fully saturated rings. The molecule has 1 saturated heterocycles. The van der Waals surface area contributed by atoms with Crippen molar-refractivity contribution in [3.8, 4) is 11.7 Å². The predicted molar refractivity (Wildman–Crippen MR) is 112 cm³/mol. The summed E-state index contributed by atoms with van der Waals surface area (Å²) in [6.45, 7) is 6.49. The van der Waals surface area contributed by atoms with Crippen molar-refractivity contribution >= 4 is 11.6 Å². The molecule has 0 atom stereocenters. The minimum atomic E-state index is 0.165. The number of benzene rings is 1. The van der Waals surface area contributed by atoms with Gasteiger partial charge >= 0.3 is 0 Å². The molecule has 0 unspecified atom stereocenters. The molecule has 6 nitrogen and oxygen atoms in total. The summed E-state index contributed by atoms with van der Waals surface area (Å²) in [5, 5.41) is 0. The molecule has 0 N–H and O–H groups in total. The molecule has 4 rings (SSSR count). The number of rotatable bonds is 6. The summed E-state index contributed by atoms with van der Waals surface area (Å²) in [6, 6.07) is 11.9. The summed E-state index contributed by atoms with van der Waals surface area (Å²) >= 11 is 0. The van der Waals surface area contributed by atoms with E-state index in [4.69, 9.17) is 8.83 Å². The highest BCUT2D eigenvalue weighted by atomic mass is 16.4. The lowest BCUT2D eigenvalue weighted by Crippen LogP contribution is -2.42. The van der Waals surface area contributed by atoms with Crippen molar-refractivity contribution in [2.45, 2.75) is 39.7 Å². The van der Waals surface area contributed by atoms with Crippen LogP contribution in [-0.4, -0.2) is 35.4 Å². The molecule has 1 amide bonds. The van der Waals surface area contributed by atoms with E-state index in [1.54, 1.807) is 6.26 Å². The first kappa shape index (κ1) is 19.3. The standard InChI is InChI=1S/C23H27N3O3/c1-17-8-10-19(11-9-17)26(16-22(27)25-12-4-3-5-13-25)15-20-18(2)29-23(24-20)21-7-6-14-28-21/h6-11,14H,3-5,12-13,15-16H2,1-2H3. The first-order chi connectivity index (χ1) is 14.1. The number of aromatic nitrogens is 1. The van der Waals surface area contributed by atoms with Crippen molar-refractivity contribution in [3.63, 3.8) is 0 Å². The van der Waals surface area contributed by atoms with E-state index in [9.17, 15) is 4.79 Å². The molecule has 0 bridgehead atoms. The van der Waals surface area contributed by atoms with E-state index in [0.717, 1.165) is 43.1 Å². The van der Waals surface area contributed by atoms with Crippen LogP contribution < -0.4 is 4.90 Å². The Morgan fingerprint density at radius 3 is 2.55 bits per heavy atom. The molecule has 3 aromatic rings. The Balaban J connectivity index is 1.57. The number of amides is 1. The van der Waals surface area contributed by atoms with Gasteiger partial charge in [0.15, 0.2) is 5.76 Å². The maximum atomic E-state index is 12.9. The molecular formula is C23H27N3O3. The van der Waals surface area contributed by atoms with Crippen LogP contribution in [0.4, 0.5) is 5.69 Å². The van der Waals surface area contributed by atoms with Crippen LogP contribution in [0.25, 0.3) is 11.7 Å². The summed E-state index contributed by atoms with van der Waals surface area (Å²) in [6.07, 6.45) is 4.99. The molecule has 6 heteroatoms. The maximum absolute atomic E-state index is 12.9. The normalized spacial score (nSPS) is 14.2. The van der Waals surface area contributed by atoms with Crippen LogP contribution in [0.3, 0.4) is 0 Å². The van der Waals surface area contributed by atoms with E-state index >= 15 is 0 Å². The van der Waals surface area contributed by atoms with E-state index in [1.807, 2.05) is 24.0 Å². The van der Waals surface area contributed by atoms with Gasteiger partial charge in [-0.25, -0.2) is 4.98 Å². The second-order valence-electron chi connectivity index (χ2n) is 7.63. The molecule has 1 aromatic carbocycles. The molecule has 152 valence electrons. The van der Waals surface area contributed by atoms with Crippen LogP contribution in [0.15, 0.2) is 51.5 Å². The van der Waals surface area contributed by atoms with Gasteiger partial charge in [-0.05, 0) is 57.4 Å². The number of nitrogens with zero attached hydrogens (tertiary/aromatic N) is 3. The first-order valence-electron chi connectivity index (χ1n) is 10.2. The average molecular weight is 393 g/mol. The lowest BCUT2D eigenvalue weighted by Gasteiger charge is -2.31. The Morgan fingerprint density at radius 1 is 1.10 bits per heavy atom. The maximum Gasteiger partial charge on any atom is 0.263 e. The van der Waals surface area contributed by atoms with Crippen LogP contribution in [0, 0.1) is 13.8 Å². The van der Waals surface area contributed by atoms with Crippen LogP contribution >= 0.6 is 0 Å². The molecule has 2 aromatic heterocycles. The quantitative estimate of drug-likeness (QED) is 0.614. The second kappa shape index (κ2) is 8.55. The average Bonchev–Trinajstić information content (AvgIpc) is 3.39. The minimum Gasteiger partial charge on any atom is -0.459 e. The summed E-state index contributed by atoms with van der Waals surface area (Å²) in [7, 11) is 0. The Bertz CT molecular complexity index is 938. The predicted octanol–water partition coefficient (Wildman–Crippen LogP) is 4.57. The largest absolute Gasteiger partial charge is 0.459 e. The van der Waals surface area contributed by atoms with Gasteiger partial charge in [0.05, 0.1) is 19.4 Å². The molecule has 0 radical (unpaired) electrons. The van der Waals surface area contributed by atoms with E-state index in [0.29, 0.717) is 24.7 Å². The topological polar surface area (TPSA) is 62.7 Å². The van der Waals surface area contributed by atoms with Gasteiger partial charge in [-0.2, -0.15) is 0 Å². The minimum absolute atomic E-state index is 0.165. The van der Waals surface area contributed by atoms with Crippen molar-refractivity contribution in [3.05, 3.63) is 59.7 Å². The molecule has 0 aliphatic carbocycles. The number of hydrogen-bond acceptors (Lipinski definition) is 5. The van der Waals surface area contributed by atoms with E-state index in [-0.39, 0.29) is 5.91 Å². The zero-order chi connectivity index (χ0) is 20.2. The third kappa shape index (κ3) is 4.53. The Kier molecular flexibility index (Phi) is 5.69. The van der Waals surface area contributed by atoms with Gasteiger partial charge in [0.25, 0.3) is 5.89 Å². The lowest BCUT2D eigenvalue weighted by atomic mass is 10.1. The van der Waals surface area contributed by atoms with Crippen molar-refractivity contribution in [1.82, 2.24) is 9.88 Å². The van der Waals surface area contributed by atoms with E-state index < -0.39 is 0 Å². The summed E-state index contributed by atoms with van der Waals surface area (Å²) in [5.41, 5.74) is 3.00. The van der Waals surface area contributed by atoms with Crippen LogP contribution in [0.1, 0.15) is 36.3 Å². The highest BCUT2D eigenvalue weighted by Gasteiger charge is 2.22. The summed E-state index contributed by atoms with van der Waals surface area (Å²) in [4.78, 5) is 21.6. The van der Waals surface area contributed by atoms with Crippen LogP contribution in [0.5, 0.6) is 0 Å². The fourth-order valence-electron chi connectivity index (χ4n) is 3.66. The van der Waals surface area contributed by atoms with Gasteiger partial charge in [0.2, 0.25) is 5.91 Å². The molecule has 0 spiro atoms. The highest BCUT2D eigenvalue weighted by Crippen LogP contribution is 2.25. The van der Waals surface area contributed by atoms with Crippen molar-refractivity contribution in [1.29, 1.82) is 0 Å². The van der Waals surface area contributed by atoms with Gasteiger partial charge in [-0.15, -0.1) is 0 Å². The van der Waals surface area contributed by atoms with Gasteiger partial charge in [-0.1, -0.05) is 17.7 Å². The fourth-order valence-corrected chi connectivity index (χ4v) is 3.66. The Labute approximate surface area is 171 Å². The van der Waals surface area contributed by atoms with Gasteiger partial charge < -0.3 is 18.6 Å². The van der Waals surface area contributed by atoms with E-state index in [2.05, 4.69) is 41.1 Å². The van der Waals surface area contributed by atoms with E-state index in [1.165, 1.54) is 12.0 Å². The van der Waals surface area contributed by atoms with Gasteiger partial charge in [0, 0.05) is 18.8 Å². The number of furan rings is 1. The third-order valence-corrected chi connectivity index (χ3v) is 5.40. The number of carbonyl (C=O) groups is 1. The molecule has 1 aliphatic heterocycles. The van der Waals surface area contributed by atoms with Gasteiger partial charge in [0.1, 0.15) is 11.5 Å². The Hall–Kier alpha value is -3.02.